The second kappa shape index (κ2) is 5.99. The topological polar surface area (TPSA) is 113 Å². The van der Waals surface area contributed by atoms with E-state index in [1.807, 2.05) is 0 Å². The summed E-state index contributed by atoms with van der Waals surface area (Å²) < 4.78 is 23.2. The van der Waals surface area contributed by atoms with E-state index in [0.717, 1.165) is 0 Å². The van der Waals surface area contributed by atoms with E-state index < -0.39 is 38.5 Å². The number of amides is 2. The van der Waals surface area contributed by atoms with Crippen LogP contribution in [0.1, 0.15) is 33.6 Å². The van der Waals surface area contributed by atoms with Crippen LogP contribution in [-0.2, 0) is 14.6 Å². The molecule has 0 saturated carbocycles. The van der Waals surface area contributed by atoms with E-state index >= 15 is 0 Å². The minimum atomic E-state index is -3.11. The molecule has 0 aromatic carbocycles. The zero-order valence-electron chi connectivity index (χ0n) is 12.0. The second-order valence-corrected chi connectivity index (χ2v) is 8.52. The highest BCUT2D eigenvalue weighted by atomic mass is 32.2. The summed E-state index contributed by atoms with van der Waals surface area (Å²) >= 11 is 0. The SMILES string of the molecule is CC(C)(C)[C@@H](NC(=O)NCC1CCCS1(=O)=O)C(=O)O. The van der Waals surface area contributed by atoms with Crippen LogP contribution in [0, 0.1) is 5.41 Å². The van der Waals surface area contributed by atoms with Crippen molar-refractivity contribution in [3.05, 3.63) is 0 Å². The Balaban J connectivity index is 2.53. The van der Waals surface area contributed by atoms with E-state index in [1.165, 1.54) is 0 Å². The van der Waals surface area contributed by atoms with Crippen molar-refractivity contribution < 1.29 is 23.1 Å². The fraction of sp³-hybridized carbons (Fsp3) is 0.833. The van der Waals surface area contributed by atoms with Crippen LogP contribution in [0.15, 0.2) is 0 Å². The molecular formula is C12H22N2O5S. The number of hydrogen-bond donors (Lipinski definition) is 3. The first-order valence-electron chi connectivity index (χ1n) is 6.53. The van der Waals surface area contributed by atoms with Crippen molar-refractivity contribution in [2.24, 2.45) is 5.41 Å². The smallest absolute Gasteiger partial charge is 0.326 e. The molecule has 7 nitrogen and oxygen atoms in total. The number of rotatable bonds is 4. The number of urea groups is 1. The number of nitrogens with one attached hydrogen (secondary N) is 2. The van der Waals surface area contributed by atoms with Crippen LogP contribution in [0.25, 0.3) is 0 Å². The quantitative estimate of drug-likeness (QED) is 0.694. The van der Waals surface area contributed by atoms with Crippen LogP contribution < -0.4 is 10.6 Å². The fourth-order valence-electron chi connectivity index (χ4n) is 2.12. The molecule has 1 unspecified atom stereocenters. The van der Waals surface area contributed by atoms with Crippen molar-refractivity contribution in [3.8, 4) is 0 Å². The fourth-order valence-corrected chi connectivity index (χ4v) is 3.89. The molecule has 0 bridgehead atoms. The molecule has 1 saturated heterocycles. The molecule has 0 radical (unpaired) electrons. The van der Waals surface area contributed by atoms with Gasteiger partial charge in [0.1, 0.15) is 6.04 Å². The predicted octanol–water partition coefficient (Wildman–Crippen LogP) is 0.362. The van der Waals surface area contributed by atoms with Crippen LogP contribution in [0.2, 0.25) is 0 Å². The van der Waals surface area contributed by atoms with Crippen LogP contribution in [0.3, 0.4) is 0 Å². The van der Waals surface area contributed by atoms with Crippen molar-refractivity contribution >= 4 is 21.8 Å². The molecule has 2 amide bonds. The summed E-state index contributed by atoms with van der Waals surface area (Å²) in [6, 6.07) is -1.70. The third kappa shape index (κ3) is 4.36. The Morgan fingerprint density at radius 1 is 1.35 bits per heavy atom. The summed E-state index contributed by atoms with van der Waals surface area (Å²) in [4.78, 5) is 22.8. The van der Waals surface area contributed by atoms with Crippen molar-refractivity contribution in [2.45, 2.75) is 44.9 Å². The summed E-state index contributed by atoms with van der Waals surface area (Å²) in [5, 5.41) is 13.3. The normalized spacial score (nSPS) is 23.1. The number of carbonyl (C=O) groups is 2. The summed E-state index contributed by atoms with van der Waals surface area (Å²) in [5.41, 5.74) is -0.636. The van der Waals surface area contributed by atoms with Gasteiger partial charge in [0.2, 0.25) is 0 Å². The Hall–Kier alpha value is -1.31. The molecule has 3 N–H and O–H groups in total. The van der Waals surface area contributed by atoms with Crippen LogP contribution in [-0.4, -0.2) is 49.1 Å². The molecule has 2 atom stereocenters. The number of carboxylic acid groups (broad SMARTS) is 1. The third-order valence-corrected chi connectivity index (χ3v) is 5.62. The number of sulfone groups is 1. The van der Waals surface area contributed by atoms with E-state index in [-0.39, 0.29) is 12.3 Å². The Morgan fingerprint density at radius 2 is 1.95 bits per heavy atom. The molecule has 1 rings (SSSR count). The number of aliphatic carboxylic acids is 1. The predicted molar refractivity (Wildman–Crippen MR) is 74.2 cm³/mol. The van der Waals surface area contributed by atoms with E-state index in [2.05, 4.69) is 10.6 Å². The first-order chi connectivity index (χ1) is 9.04. The summed E-state index contributed by atoms with van der Waals surface area (Å²) in [6.45, 7) is 5.12. The summed E-state index contributed by atoms with van der Waals surface area (Å²) in [5.74, 6) is -0.970. The van der Waals surface area contributed by atoms with Gasteiger partial charge in [-0.1, -0.05) is 20.8 Å². The van der Waals surface area contributed by atoms with Crippen molar-refractivity contribution in [1.82, 2.24) is 10.6 Å². The first-order valence-corrected chi connectivity index (χ1v) is 8.24. The van der Waals surface area contributed by atoms with Crippen molar-refractivity contribution in [1.29, 1.82) is 0 Å². The molecule has 1 heterocycles. The van der Waals surface area contributed by atoms with Gasteiger partial charge in [-0.25, -0.2) is 18.0 Å². The average molecular weight is 306 g/mol. The average Bonchev–Trinajstić information content (AvgIpc) is 2.60. The van der Waals surface area contributed by atoms with E-state index in [1.54, 1.807) is 20.8 Å². The first kappa shape index (κ1) is 16.7. The molecule has 0 aliphatic carbocycles. The van der Waals surface area contributed by atoms with Gasteiger partial charge in [0, 0.05) is 6.54 Å². The number of carbonyl (C=O) groups excluding carboxylic acids is 1. The Morgan fingerprint density at radius 3 is 2.35 bits per heavy atom. The molecule has 1 fully saturated rings. The zero-order chi connectivity index (χ0) is 15.6. The standard InChI is InChI=1S/C12H22N2O5S/c1-12(2,3)9(10(15)16)14-11(17)13-7-8-5-4-6-20(8,18)19/h8-9H,4-7H2,1-3H3,(H,15,16)(H2,13,14,17)/t8?,9-/m0/s1. The van der Waals surface area contributed by atoms with E-state index in [0.29, 0.717) is 12.8 Å². The van der Waals surface area contributed by atoms with Gasteiger partial charge in [0.05, 0.1) is 11.0 Å². The highest BCUT2D eigenvalue weighted by molar-refractivity contribution is 7.92. The van der Waals surface area contributed by atoms with Gasteiger partial charge in [-0.3, -0.25) is 0 Å². The monoisotopic (exact) mass is 306 g/mol. The van der Waals surface area contributed by atoms with Crippen molar-refractivity contribution in [2.75, 3.05) is 12.3 Å². The maximum Gasteiger partial charge on any atom is 0.326 e. The molecule has 1 aliphatic heterocycles. The van der Waals surface area contributed by atoms with Gasteiger partial charge in [-0.2, -0.15) is 0 Å². The summed E-state index contributed by atoms with van der Waals surface area (Å²) in [7, 11) is -3.11. The van der Waals surface area contributed by atoms with Crippen LogP contribution >= 0.6 is 0 Å². The Kier molecular flexibility index (Phi) is 5.01. The van der Waals surface area contributed by atoms with Crippen LogP contribution in [0.5, 0.6) is 0 Å². The van der Waals surface area contributed by atoms with Gasteiger partial charge < -0.3 is 15.7 Å². The third-order valence-electron chi connectivity index (χ3n) is 3.34. The van der Waals surface area contributed by atoms with Gasteiger partial charge in [-0.05, 0) is 18.3 Å². The molecule has 0 aromatic rings. The second-order valence-electron chi connectivity index (χ2n) is 6.12. The molecule has 116 valence electrons. The number of hydrogen-bond acceptors (Lipinski definition) is 4. The molecule has 20 heavy (non-hydrogen) atoms. The largest absolute Gasteiger partial charge is 0.480 e. The lowest BCUT2D eigenvalue weighted by Crippen LogP contribution is -2.53. The molecule has 8 heteroatoms. The van der Waals surface area contributed by atoms with Gasteiger partial charge in [-0.15, -0.1) is 0 Å². The van der Waals surface area contributed by atoms with Gasteiger partial charge in [0.15, 0.2) is 9.84 Å². The van der Waals surface area contributed by atoms with Crippen LogP contribution in [0.4, 0.5) is 4.79 Å². The zero-order valence-corrected chi connectivity index (χ0v) is 12.8. The van der Waals surface area contributed by atoms with E-state index in [9.17, 15) is 18.0 Å². The van der Waals surface area contributed by atoms with Gasteiger partial charge in [0.25, 0.3) is 0 Å². The molecular weight excluding hydrogens is 284 g/mol. The molecule has 0 aromatic heterocycles. The minimum Gasteiger partial charge on any atom is -0.480 e. The number of carboxylic acids is 1. The highest BCUT2D eigenvalue weighted by Gasteiger charge is 2.34. The lowest BCUT2D eigenvalue weighted by Gasteiger charge is -2.27. The maximum atomic E-state index is 11.7. The minimum absolute atomic E-state index is 0.0185. The Labute approximate surface area is 119 Å². The maximum absolute atomic E-state index is 11.7. The van der Waals surface area contributed by atoms with Crippen molar-refractivity contribution in [3.63, 3.8) is 0 Å². The lowest BCUT2D eigenvalue weighted by atomic mass is 9.87. The summed E-state index contributed by atoms with van der Waals surface area (Å²) in [6.07, 6.45) is 1.14. The highest BCUT2D eigenvalue weighted by Crippen LogP contribution is 2.20. The molecule has 1 aliphatic rings. The van der Waals surface area contributed by atoms with E-state index in [4.69, 9.17) is 5.11 Å². The Bertz CT molecular complexity index is 481. The molecule has 0 spiro atoms. The van der Waals surface area contributed by atoms with Gasteiger partial charge >= 0.3 is 12.0 Å². The lowest BCUT2D eigenvalue weighted by molar-refractivity contribution is -0.141.